The minimum atomic E-state index is -3.94. The zero-order chi connectivity index (χ0) is 20.5. The maximum absolute atomic E-state index is 13.1. The summed E-state index contributed by atoms with van der Waals surface area (Å²) in [6, 6.07) is 12.2. The maximum Gasteiger partial charge on any atom is 0.323 e. The molecule has 28 heavy (non-hydrogen) atoms. The highest BCUT2D eigenvalue weighted by molar-refractivity contribution is 8.00. The van der Waals surface area contributed by atoms with E-state index in [1.807, 2.05) is 0 Å². The Morgan fingerprint density at radius 3 is 2.14 bits per heavy atom. The number of rotatable bonds is 5. The Hall–Kier alpha value is -2.16. The van der Waals surface area contributed by atoms with Gasteiger partial charge in [0, 0.05) is 22.6 Å². The van der Waals surface area contributed by atoms with Gasteiger partial charge in [-0.3, -0.25) is 9.59 Å². The number of nitrogens with zero attached hydrogens (tertiary/aromatic N) is 1. The zero-order valence-electron chi connectivity index (χ0n) is 15.5. The molecular weight excluding hydrogens is 398 g/mol. The Bertz CT molecular complexity index is 982. The number of hydrogen-bond donors (Lipinski definition) is 1. The highest BCUT2D eigenvalue weighted by atomic mass is 32.2. The molecule has 1 atom stereocenters. The van der Waals surface area contributed by atoms with Crippen molar-refractivity contribution < 1.29 is 23.1 Å². The first-order valence-corrected chi connectivity index (χ1v) is 11.1. The number of carbonyl (C=O) groups excluding carboxylic acids is 1. The van der Waals surface area contributed by atoms with Gasteiger partial charge in [0.2, 0.25) is 10.0 Å². The second-order valence-electron chi connectivity index (χ2n) is 7.07. The number of carbonyl (C=O) groups is 2. The summed E-state index contributed by atoms with van der Waals surface area (Å²) >= 11 is 1.46. The van der Waals surface area contributed by atoms with E-state index in [9.17, 15) is 23.1 Å². The largest absolute Gasteiger partial charge is 0.480 e. The van der Waals surface area contributed by atoms with Gasteiger partial charge < -0.3 is 5.11 Å². The minimum absolute atomic E-state index is 0.0645. The molecule has 8 heteroatoms. The average Bonchev–Trinajstić information content (AvgIpc) is 2.67. The Morgan fingerprint density at radius 2 is 1.64 bits per heavy atom. The van der Waals surface area contributed by atoms with E-state index < -0.39 is 26.8 Å². The standard InChI is InChI=1S/C20H21NO5S2/c1-20(2)18(19(23)24)21(11-12-27-20)28(25,26)17-9-7-16(8-10-17)15-5-3-14(13-22)4-6-15/h3-10,13,18H,11-12H2,1-2H3,(H,23,24). The molecule has 0 aliphatic carbocycles. The molecule has 1 aliphatic heterocycles. The molecule has 1 aliphatic rings. The number of carboxylic acids is 1. The van der Waals surface area contributed by atoms with Crippen molar-refractivity contribution in [1.29, 1.82) is 0 Å². The van der Waals surface area contributed by atoms with Crippen molar-refractivity contribution in [3.63, 3.8) is 0 Å². The van der Waals surface area contributed by atoms with Crippen molar-refractivity contribution in [3.8, 4) is 11.1 Å². The van der Waals surface area contributed by atoms with Crippen LogP contribution >= 0.6 is 11.8 Å². The van der Waals surface area contributed by atoms with Crippen molar-refractivity contribution in [2.24, 2.45) is 0 Å². The third kappa shape index (κ3) is 3.85. The van der Waals surface area contributed by atoms with Crippen LogP contribution in [0.4, 0.5) is 0 Å². The molecule has 148 valence electrons. The van der Waals surface area contributed by atoms with Gasteiger partial charge in [-0.05, 0) is 37.1 Å². The molecule has 0 radical (unpaired) electrons. The van der Waals surface area contributed by atoms with Crippen molar-refractivity contribution >= 4 is 34.0 Å². The summed E-state index contributed by atoms with van der Waals surface area (Å²) in [5, 5.41) is 9.65. The van der Waals surface area contributed by atoms with Crippen LogP contribution in [0.5, 0.6) is 0 Å². The molecule has 3 rings (SSSR count). The van der Waals surface area contributed by atoms with Gasteiger partial charge in [-0.2, -0.15) is 16.1 Å². The number of aliphatic carboxylic acids is 1. The van der Waals surface area contributed by atoms with Gasteiger partial charge in [0.1, 0.15) is 12.3 Å². The van der Waals surface area contributed by atoms with Crippen molar-refractivity contribution in [3.05, 3.63) is 54.1 Å². The van der Waals surface area contributed by atoms with E-state index in [-0.39, 0.29) is 11.4 Å². The first kappa shape index (κ1) is 20.6. The third-order valence-electron chi connectivity index (χ3n) is 4.81. The Kier molecular flexibility index (Phi) is 5.65. The molecule has 1 unspecified atom stereocenters. The predicted molar refractivity (Wildman–Crippen MR) is 109 cm³/mol. The molecule has 1 saturated heterocycles. The van der Waals surface area contributed by atoms with Gasteiger partial charge >= 0.3 is 5.97 Å². The fourth-order valence-corrected chi connectivity index (χ4v) is 6.44. The first-order valence-electron chi connectivity index (χ1n) is 8.71. The average molecular weight is 420 g/mol. The van der Waals surface area contributed by atoms with E-state index >= 15 is 0 Å². The highest BCUT2D eigenvalue weighted by Gasteiger charge is 2.48. The van der Waals surface area contributed by atoms with Crippen LogP contribution in [0.25, 0.3) is 11.1 Å². The molecule has 0 aromatic heterocycles. The molecule has 0 saturated carbocycles. The SMILES string of the molecule is CC1(C)SCCN(S(=O)(=O)c2ccc(-c3ccc(C=O)cc3)cc2)C1C(=O)O. The number of hydrogen-bond acceptors (Lipinski definition) is 5. The molecule has 1 heterocycles. The number of benzene rings is 2. The molecule has 6 nitrogen and oxygen atoms in total. The first-order chi connectivity index (χ1) is 13.2. The molecule has 1 fully saturated rings. The number of thioether (sulfide) groups is 1. The van der Waals surface area contributed by atoms with E-state index in [0.29, 0.717) is 11.3 Å². The molecule has 0 bridgehead atoms. The second kappa shape index (κ2) is 7.69. The molecule has 2 aromatic rings. The topological polar surface area (TPSA) is 91.8 Å². The van der Waals surface area contributed by atoms with Gasteiger partial charge in [0.15, 0.2) is 0 Å². The summed E-state index contributed by atoms with van der Waals surface area (Å²) in [6.45, 7) is 3.66. The van der Waals surface area contributed by atoms with Gasteiger partial charge in [-0.25, -0.2) is 8.42 Å². The van der Waals surface area contributed by atoms with Gasteiger partial charge in [-0.15, -0.1) is 0 Å². The summed E-state index contributed by atoms with van der Waals surface area (Å²) in [6.07, 6.45) is 0.761. The van der Waals surface area contributed by atoms with E-state index in [4.69, 9.17) is 0 Å². The van der Waals surface area contributed by atoms with Crippen molar-refractivity contribution in [2.75, 3.05) is 12.3 Å². The quantitative estimate of drug-likeness (QED) is 0.749. The van der Waals surface area contributed by atoms with Crippen LogP contribution in [-0.2, 0) is 14.8 Å². The number of aldehydes is 1. The van der Waals surface area contributed by atoms with Crippen LogP contribution in [0.2, 0.25) is 0 Å². The van der Waals surface area contributed by atoms with Crippen molar-refractivity contribution in [1.82, 2.24) is 4.31 Å². The van der Waals surface area contributed by atoms with Crippen molar-refractivity contribution in [2.45, 2.75) is 29.5 Å². The fraction of sp³-hybridized carbons (Fsp3) is 0.300. The summed E-state index contributed by atoms with van der Waals surface area (Å²) < 4.78 is 26.6. The summed E-state index contributed by atoms with van der Waals surface area (Å²) in [4.78, 5) is 22.6. The van der Waals surface area contributed by atoms with Gasteiger partial charge in [0.05, 0.1) is 4.90 Å². The van der Waals surface area contributed by atoms with E-state index in [1.165, 1.54) is 23.9 Å². The lowest BCUT2D eigenvalue weighted by Crippen LogP contribution is -2.58. The highest BCUT2D eigenvalue weighted by Crippen LogP contribution is 2.38. The number of sulfonamides is 1. The van der Waals surface area contributed by atoms with E-state index in [1.54, 1.807) is 50.2 Å². The second-order valence-corrected chi connectivity index (χ2v) is 10.7. The zero-order valence-corrected chi connectivity index (χ0v) is 17.2. The predicted octanol–water partition coefficient (Wildman–Crippen LogP) is 3.14. The molecular formula is C20H21NO5S2. The summed E-state index contributed by atoms with van der Waals surface area (Å²) in [5.74, 6) is -0.607. The van der Waals surface area contributed by atoms with Crippen LogP contribution in [0, 0.1) is 0 Å². The Labute approximate surface area is 168 Å². The van der Waals surface area contributed by atoms with Gasteiger partial charge in [0.25, 0.3) is 0 Å². The molecule has 1 N–H and O–H groups in total. The summed E-state index contributed by atoms with van der Waals surface area (Å²) in [5.41, 5.74) is 2.22. The molecule has 2 aromatic carbocycles. The monoisotopic (exact) mass is 419 g/mol. The Balaban J connectivity index is 1.93. The lowest BCUT2D eigenvalue weighted by molar-refractivity contribution is -0.142. The van der Waals surface area contributed by atoms with Crippen LogP contribution in [0.15, 0.2) is 53.4 Å². The normalized spacial score (nSPS) is 19.9. The maximum atomic E-state index is 13.1. The lowest BCUT2D eigenvalue weighted by atomic mass is 10.0. The minimum Gasteiger partial charge on any atom is -0.480 e. The number of carboxylic acid groups (broad SMARTS) is 1. The van der Waals surface area contributed by atoms with E-state index in [0.717, 1.165) is 21.7 Å². The van der Waals surface area contributed by atoms with Gasteiger partial charge in [-0.1, -0.05) is 36.4 Å². The van der Waals surface area contributed by atoms with Crippen LogP contribution < -0.4 is 0 Å². The van der Waals surface area contributed by atoms with Crippen LogP contribution in [0.3, 0.4) is 0 Å². The lowest BCUT2D eigenvalue weighted by Gasteiger charge is -2.42. The molecule has 0 spiro atoms. The smallest absolute Gasteiger partial charge is 0.323 e. The van der Waals surface area contributed by atoms with Crippen LogP contribution in [-0.4, -0.2) is 53.2 Å². The summed E-state index contributed by atoms with van der Waals surface area (Å²) in [7, 11) is -3.94. The fourth-order valence-electron chi connectivity index (χ4n) is 3.34. The third-order valence-corrected chi connectivity index (χ3v) is 8.04. The Morgan fingerprint density at radius 1 is 1.11 bits per heavy atom. The molecule has 0 amide bonds. The van der Waals surface area contributed by atoms with E-state index in [2.05, 4.69) is 0 Å². The van der Waals surface area contributed by atoms with Crippen LogP contribution in [0.1, 0.15) is 24.2 Å².